The molecule has 0 amide bonds. The SMILES string of the molecule is C=C=C[C@H](O)c1ccc2ccccc2c1. The first-order valence-electron chi connectivity index (χ1n) is 4.84. The van der Waals surface area contributed by atoms with Crippen molar-refractivity contribution in [2.24, 2.45) is 0 Å². The molecule has 0 fully saturated rings. The summed E-state index contributed by atoms with van der Waals surface area (Å²) < 4.78 is 0. The molecule has 0 saturated carbocycles. The molecular formula is C14H12O. The quantitative estimate of drug-likeness (QED) is 0.731. The third-order valence-corrected chi connectivity index (χ3v) is 2.39. The lowest BCUT2D eigenvalue weighted by atomic mass is 10.0. The van der Waals surface area contributed by atoms with Gasteiger partial charge >= 0.3 is 0 Å². The van der Waals surface area contributed by atoms with Crippen molar-refractivity contribution in [3.05, 3.63) is 66.4 Å². The molecule has 1 heteroatoms. The van der Waals surface area contributed by atoms with Crippen LogP contribution in [0.2, 0.25) is 0 Å². The maximum absolute atomic E-state index is 9.72. The Balaban J connectivity index is 2.51. The van der Waals surface area contributed by atoms with Gasteiger partial charge in [-0.3, -0.25) is 0 Å². The Bertz CT molecular complexity index is 522. The fraction of sp³-hybridized carbons (Fsp3) is 0.0714. The smallest absolute Gasteiger partial charge is 0.104 e. The Labute approximate surface area is 89.0 Å². The van der Waals surface area contributed by atoms with Crippen molar-refractivity contribution in [2.45, 2.75) is 6.10 Å². The largest absolute Gasteiger partial charge is 0.384 e. The normalized spacial score (nSPS) is 12.1. The highest BCUT2D eigenvalue weighted by Gasteiger charge is 2.03. The molecule has 0 aliphatic heterocycles. The van der Waals surface area contributed by atoms with Crippen molar-refractivity contribution in [1.82, 2.24) is 0 Å². The van der Waals surface area contributed by atoms with E-state index in [1.54, 1.807) is 6.08 Å². The molecule has 0 radical (unpaired) electrons. The highest BCUT2D eigenvalue weighted by atomic mass is 16.3. The molecule has 2 aromatic carbocycles. The topological polar surface area (TPSA) is 20.2 Å². The molecule has 0 aromatic heterocycles. The fourth-order valence-corrected chi connectivity index (χ4v) is 1.60. The van der Waals surface area contributed by atoms with E-state index in [9.17, 15) is 5.11 Å². The van der Waals surface area contributed by atoms with Gasteiger partial charge in [-0.2, -0.15) is 0 Å². The third-order valence-electron chi connectivity index (χ3n) is 2.39. The van der Waals surface area contributed by atoms with Crippen LogP contribution in [0.15, 0.2) is 60.9 Å². The van der Waals surface area contributed by atoms with E-state index in [1.807, 2.05) is 36.4 Å². The minimum absolute atomic E-state index is 0.618. The molecule has 0 unspecified atom stereocenters. The molecule has 0 bridgehead atoms. The second-order valence-electron chi connectivity index (χ2n) is 3.42. The molecule has 0 heterocycles. The molecule has 1 nitrogen and oxygen atoms in total. The van der Waals surface area contributed by atoms with Crippen molar-refractivity contribution in [3.8, 4) is 0 Å². The van der Waals surface area contributed by atoms with Gasteiger partial charge in [-0.25, -0.2) is 0 Å². The van der Waals surface area contributed by atoms with Crippen LogP contribution in [0.3, 0.4) is 0 Å². The van der Waals surface area contributed by atoms with Gasteiger partial charge in [0.15, 0.2) is 0 Å². The summed E-state index contributed by atoms with van der Waals surface area (Å²) in [6.07, 6.45) is 0.927. The molecule has 1 N–H and O–H groups in total. The summed E-state index contributed by atoms with van der Waals surface area (Å²) in [6, 6.07) is 14.0. The maximum Gasteiger partial charge on any atom is 0.104 e. The van der Waals surface area contributed by atoms with E-state index in [1.165, 1.54) is 5.39 Å². The van der Waals surface area contributed by atoms with Gasteiger partial charge in [0.1, 0.15) is 6.10 Å². The van der Waals surface area contributed by atoms with Gasteiger partial charge in [0.05, 0.1) is 0 Å². The average Bonchev–Trinajstić information content (AvgIpc) is 2.29. The second-order valence-corrected chi connectivity index (χ2v) is 3.42. The number of hydrogen-bond donors (Lipinski definition) is 1. The van der Waals surface area contributed by atoms with Crippen LogP contribution >= 0.6 is 0 Å². The van der Waals surface area contributed by atoms with Gasteiger partial charge in [-0.15, -0.1) is 5.73 Å². The lowest BCUT2D eigenvalue weighted by Crippen LogP contribution is -1.91. The van der Waals surface area contributed by atoms with Crippen molar-refractivity contribution in [3.63, 3.8) is 0 Å². The molecule has 15 heavy (non-hydrogen) atoms. The minimum Gasteiger partial charge on any atom is -0.384 e. The predicted molar refractivity (Wildman–Crippen MR) is 62.6 cm³/mol. The summed E-state index contributed by atoms with van der Waals surface area (Å²) in [5.74, 6) is 0. The van der Waals surface area contributed by atoms with E-state index < -0.39 is 6.10 Å². The van der Waals surface area contributed by atoms with Crippen LogP contribution in [-0.4, -0.2) is 5.11 Å². The molecule has 0 saturated heterocycles. The Morgan fingerprint density at radius 3 is 2.60 bits per heavy atom. The van der Waals surface area contributed by atoms with Crippen LogP contribution in [0.5, 0.6) is 0 Å². The molecule has 0 spiro atoms. The zero-order chi connectivity index (χ0) is 10.7. The Hall–Kier alpha value is -1.82. The van der Waals surface area contributed by atoms with Crippen LogP contribution < -0.4 is 0 Å². The fourth-order valence-electron chi connectivity index (χ4n) is 1.60. The molecule has 2 aromatic rings. The Morgan fingerprint density at radius 2 is 1.87 bits per heavy atom. The van der Waals surface area contributed by atoms with Crippen LogP contribution in [0.25, 0.3) is 10.8 Å². The van der Waals surface area contributed by atoms with Gasteiger partial charge in [0.2, 0.25) is 0 Å². The standard InChI is InChI=1S/C14H12O/c1-2-5-14(15)13-9-8-11-6-3-4-7-12(11)10-13/h3-10,14-15H,1H2/t14-/m0/s1. The van der Waals surface area contributed by atoms with E-state index >= 15 is 0 Å². The number of benzene rings is 2. The lowest BCUT2D eigenvalue weighted by molar-refractivity contribution is 0.229. The number of aliphatic hydroxyl groups excluding tert-OH is 1. The van der Waals surface area contributed by atoms with Crippen LogP contribution in [-0.2, 0) is 0 Å². The van der Waals surface area contributed by atoms with E-state index in [0.717, 1.165) is 10.9 Å². The van der Waals surface area contributed by atoms with Crippen LogP contribution in [0.4, 0.5) is 0 Å². The molecular weight excluding hydrogens is 184 g/mol. The second kappa shape index (κ2) is 4.14. The summed E-state index contributed by atoms with van der Waals surface area (Å²) in [4.78, 5) is 0. The molecule has 74 valence electrons. The first-order valence-corrected chi connectivity index (χ1v) is 4.84. The average molecular weight is 196 g/mol. The highest BCUT2D eigenvalue weighted by molar-refractivity contribution is 5.83. The third kappa shape index (κ3) is 1.99. The van der Waals surface area contributed by atoms with E-state index in [4.69, 9.17) is 0 Å². The van der Waals surface area contributed by atoms with Crippen molar-refractivity contribution in [1.29, 1.82) is 0 Å². The van der Waals surface area contributed by atoms with Gasteiger partial charge in [0, 0.05) is 0 Å². The van der Waals surface area contributed by atoms with E-state index in [0.29, 0.717) is 0 Å². The first-order chi connectivity index (χ1) is 7.31. The van der Waals surface area contributed by atoms with E-state index in [2.05, 4.69) is 18.4 Å². The molecule has 2 rings (SSSR count). The van der Waals surface area contributed by atoms with Crippen LogP contribution in [0, 0.1) is 0 Å². The summed E-state index contributed by atoms with van der Waals surface area (Å²) in [5, 5.41) is 12.0. The molecule has 1 atom stereocenters. The van der Waals surface area contributed by atoms with E-state index in [-0.39, 0.29) is 0 Å². The summed E-state index contributed by atoms with van der Waals surface area (Å²) in [7, 11) is 0. The monoisotopic (exact) mass is 196 g/mol. The summed E-state index contributed by atoms with van der Waals surface area (Å²) >= 11 is 0. The summed E-state index contributed by atoms with van der Waals surface area (Å²) in [5.41, 5.74) is 3.45. The zero-order valence-corrected chi connectivity index (χ0v) is 8.35. The minimum atomic E-state index is -0.618. The van der Waals surface area contributed by atoms with Crippen LogP contribution in [0.1, 0.15) is 11.7 Å². The van der Waals surface area contributed by atoms with Gasteiger partial charge in [-0.05, 0) is 28.5 Å². The van der Waals surface area contributed by atoms with Crippen molar-refractivity contribution < 1.29 is 5.11 Å². The van der Waals surface area contributed by atoms with Gasteiger partial charge in [-0.1, -0.05) is 43.0 Å². The maximum atomic E-state index is 9.72. The molecule has 0 aliphatic carbocycles. The molecule has 0 aliphatic rings. The Kier molecular flexibility index (Phi) is 2.68. The van der Waals surface area contributed by atoms with Crippen molar-refractivity contribution >= 4 is 10.8 Å². The number of rotatable bonds is 2. The highest BCUT2D eigenvalue weighted by Crippen LogP contribution is 2.20. The lowest BCUT2D eigenvalue weighted by Gasteiger charge is -2.06. The number of hydrogen-bond acceptors (Lipinski definition) is 1. The first kappa shape index (κ1) is 9.72. The van der Waals surface area contributed by atoms with Crippen molar-refractivity contribution in [2.75, 3.05) is 0 Å². The predicted octanol–water partition coefficient (Wildman–Crippen LogP) is 3.21. The zero-order valence-electron chi connectivity index (χ0n) is 8.35. The van der Waals surface area contributed by atoms with Gasteiger partial charge < -0.3 is 5.11 Å². The van der Waals surface area contributed by atoms with Gasteiger partial charge in [0.25, 0.3) is 0 Å². The Morgan fingerprint density at radius 1 is 1.13 bits per heavy atom. The number of aliphatic hydroxyl groups is 1. The summed E-state index contributed by atoms with van der Waals surface area (Å²) in [6.45, 7) is 3.45. The number of fused-ring (bicyclic) bond motifs is 1.